The van der Waals surface area contributed by atoms with Gasteiger partial charge in [-0.05, 0) is 12.8 Å². The first kappa shape index (κ1) is 10.5. The Bertz CT molecular complexity index is 115. The zero-order valence-electron chi connectivity index (χ0n) is 6.79. The van der Waals surface area contributed by atoms with Crippen LogP contribution in [0, 0.1) is 12.3 Å². The van der Waals surface area contributed by atoms with Crippen LogP contribution in [0.25, 0.3) is 0 Å². The molecule has 0 saturated heterocycles. The molecule has 0 unspecified atom stereocenters. The number of rotatable bonds is 6. The van der Waals surface area contributed by atoms with Crippen LogP contribution >= 0.6 is 0 Å². The average molecular weight is 156 g/mol. The molecule has 2 N–H and O–H groups in total. The summed E-state index contributed by atoms with van der Waals surface area (Å²) in [6, 6.07) is 0. The van der Waals surface area contributed by atoms with Gasteiger partial charge in [-0.3, -0.25) is 0 Å². The van der Waals surface area contributed by atoms with E-state index in [-0.39, 0.29) is 6.61 Å². The maximum atomic E-state index is 8.92. The highest BCUT2D eigenvalue weighted by atomic mass is 16.3. The van der Waals surface area contributed by atoms with Crippen molar-refractivity contribution in [2.24, 2.45) is 0 Å². The number of aliphatic hydroxyl groups excluding tert-OH is 2. The van der Waals surface area contributed by atoms with Gasteiger partial charge in [0.05, 0.1) is 12.7 Å². The Kier molecular flexibility index (Phi) is 7.23. The SMILES string of the molecule is C#CCCCCC[C@H](O)CO. The van der Waals surface area contributed by atoms with Gasteiger partial charge in [0.15, 0.2) is 0 Å². The lowest BCUT2D eigenvalue weighted by Crippen LogP contribution is -2.10. The van der Waals surface area contributed by atoms with Gasteiger partial charge in [-0.1, -0.05) is 12.8 Å². The molecule has 2 heteroatoms. The Balaban J connectivity index is 2.97. The minimum Gasteiger partial charge on any atom is -0.394 e. The van der Waals surface area contributed by atoms with Crippen LogP contribution in [0.15, 0.2) is 0 Å². The first-order valence-electron chi connectivity index (χ1n) is 4.03. The van der Waals surface area contributed by atoms with Gasteiger partial charge < -0.3 is 10.2 Å². The van der Waals surface area contributed by atoms with Gasteiger partial charge in [-0.25, -0.2) is 0 Å². The lowest BCUT2D eigenvalue weighted by Gasteiger charge is -2.04. The van der Waals surface area contributed by atoms with E-state index in [9.17, 15) is 0 Å². The van der Waals surface area contributed by atoms with E-state index in [1.165, 1.54) is 0 Å². The third-order valence-corrected chi connectivity index (χ3v) is 1.57. The fourth-order valence-corrected chi connectivity index (χ4v) is 0.875. The zero-order chi connectivity index (χ0) is 8.53. The Labute approximate surface area is 68.2 Å². The molecule has 0 aromatic rings. The number of aliphatic hydroxyl groups is 2. The van der Waals surface area contributed by atoms with Crippen LogP contribution in [0.3, 0.4) is 0 Å². The van der Waals surface area contributed by atoms with Crippen LogP contribution in [0.1, 0.15) is 32.1 Å². The van der Waals surface area contributed by atoms with Gasteiger partial charge in [-0.15, -0.1) is 12.3 Å². The van der Waals surface area contributed by atoms with Gasteiger partial charge in [0.1, 0.15) is 0 Å². The number of hydrogen-bond donors (Lipinski definition) is 2. The van der Waals surface area contributed by atoms with E-state index in [1.807, 2.05) is 0 Å². The first-order chi connectivity index (χ1) is 5.31. The molecule has 1 atom stereocenters. The Morgan fingerprint density at radius 3 is 2.55 bits per heavy atom. The predicted molar refractivity (Wildman–Crippen MR) is 45.0 cm³/mol. The summed E-state index contributed by atoms with van der Waals surface area (Å²) in [5.74, 6) is 2.56. The molecule has 0 aliphatic heterocycles. The van der Waals surface area contributed by atoms with Crippen molar-refractivity contribution in [2.45, 2.75) is 38.2 Å². The largest absolute Gasteiger partial charge is 0.394 e. The third-order valence-electron chi connectivity index (χ3n) is 1.57. The molecule has 2 nitrogen and oxygen atoms in total. The Morgan fingerprint density at radius 1 is 1.27 bits per heavy atom. The van der Waals surface area contributed by atoms with Crippen LogP contribution in [0.4, 0.5) is 0 Å². The Morgan fingerprint density at radius 2 is 2.00 bits per heavy atom. The molecule has 0 bridgehead atoms. The lowest BCUT2D eigenvalue weighted by atomic mass is 10.1. The second-order valence-corrected chi connectivity index (χ2v) is 2.64. The molecule has 11 heavy (non-hydrogen) atoms. The summed E-state index contributed by atoms with van der Waals surface area (Å²) in [6.07, 6.45) is 9.03. The molecule has 0 saturated carbocycles. The highest BCUT2D eigenvalue weighted by molar-refractivity contribution is 4.82. The monoisotopic (exact) mass is 156 g/mol. The topological polar surface area (TPSA) is 40.5 Å². The van der Waals surface area contributed by atoms with Crippen LogP contribution in [0.5, 0.6) is 0 Å². The van der Waals surface area contributed by atoms with Gasteiger partial charge in [0.2, 0.25) is 0 Å². The quantitative estimate of drug-likeness (QED) is 0.443. The van der Waals surface area contributed by atoms with Crippen molar-refractivity contribution in [3.63, 3.8) is 0 Å². The van der Waals surface area contributed by atoms with Crippen molar-refractivity contribution >= 4 is 0 Å². The van der Waals surface area contributed by atoms with Crippen molar-refractivity contribution in [1.29, 1.82) is 0 Å². The van der Waals surface area contributed by atoms with E-state index in [1.54, 1.807) is 0 Å². The number of hydrogen-bond acceptors (Lipinski definition) is 2. The van der Waals surface area contributed by atoms with Crippen LogP contribution < -0.4 is 0 Å². The number of terminal acetylenes is 1. The van der Waals surface area contributed by atoms with Crippen LogP contribution in [-0.4, -0.2) is 22.9 Å². The van der Waals surface area contributed by atoms with Crippen molar-refractivity contribution in [1.82, 2.24) is 0 Å². The van der Waals surface area contributed by atoms with E-state index >= 15 is 0 Å². The molecule has 0 fully saturated rings. The highest BCUT2D eigenvalue weighted by Crippen LogP contribution is 2.04. The molecule has 0 heterocycles. The summed E-state index contributed by atoms with van der Waals surface area (Å²) >= 11 is 0. The van der Waals surface area contributed by atoms with Gasteiger partial charge >= 0.3 is 0 Å². The fraction of sp³-hybridized carbons (Fsp3) is 0.778. The average Bonchev–Trinajstić information content (AvgIpc) is 2.04. The summed E-state index contributed by atoms with van der Waals surface area (Å²) < 4.78 is 0. The second kappa shape index (κ2) is 7.59. The van der Waals surface area contributed by atoms with Crippen molar-refractivity contribution in [3.05, 3.63) is 0 Å². The molecule has 0 aliphatic carbocycles. The van der Waals surface area contributed by atoms with Crippen molar-refractivity contribution in [3.8, 4) is 12.3 Å². The molecular weight excluding hydrogens is 140 g/mol. The lowest BCUT2D eigenvalue weighted by molar-refractivity contribution is 0.0861. The first-order valence-corrected chi connectivity index (χ1v) is 4.03. The smallest absolute Gasteiger partial charge is 0.0770 e. The number of unbranched alkanes of at least 4 members (excludes halogenated alkanes) is 3. The van der Waals surface area contributed by atoms with Gasteiger partial charge in [-0.2, -0.15) is 0 Å². The molecule has 64 valence electrons. The standard InChI is InChI=1S/C9H16O2/c1-2-3-4-5-6-7-9(11)8-10/h1,9-11H,3-8H2/t9-/m0/s1. The third kappa shape index (κ3) is 7.38. The normalized spacial score (nSPS) is 12.5. The molecule has 0 aromatic carbocycles. The van der Waals surface area contributed by atoms with Crippen molar-refractivity contribution < 1.29 is 10.2 Å². The van der Waals surface area contributed by atoms with E-state index in [4.69, 9.17) is 16.6 Å². The molecule has 0 spiro atoms. The minimum atomic E-state index is -0.541. The van der Waals surface area contributed by atoms with E-state index < -0.39 is 6.10 Å². The minimum absolute atomic E-state index is 0.130. The Hall–Kier alpha value is -0.520. The second-order valence-electron chi connectivity index (χ2n) is 2.64. The molecule has 0 amide bonds. The zero-order valence-corrected chi connectivity index (χ0v) is 6.79. The maximum absolute atomic E-state index is 8.92. The van der Waals surface area contributed by atoms with Crippen LogP contribution in [-0.2, 0) is 0 Å². The van der Waals surface area contributed by atoms with Crippen LogP contribution in [0.2, 0.25) is 0 Å². The van der Waals surface area contributed by atoms with E-state index in [0.29, 0.717) is 6.42 Å². The maximum Gasteiger partial charge on any atom is 0.0770 e. The summed E-state index contributed by atoms with van der Waals surface area (Å²) in [6.45, 7) is -0.130. The molecule has 0 aromatic heterocycles. The predicted octanol–water partition coefficient (Wildman–Crippen LogP) is 0.923. The molecule has 0 radical (unpaired) electrons. The van der Waals surface area contributed by atoms with Gasteiger partial charge in [0, 0.05) is 6.42 Å². The summed E-state index contributed by atoms with van der Waals surface area (Å²) in [5.41, 5.74) is 0. The molecule has 0 rings (SSSR count). The fourth-order valence-electron chi connectivity index (χ4n) is 0.875. The summed E-state index contributed by atoms with van der Waals surface area (Å²) in [4.78, 5) is 0. The molecular formula is C9H16O2. The van der Waals surface area contributed by atoms with E-state index in [2.05, 4.69) is 5.92 Å². The van der Waals surface area contributed by atoms with Crippen molar-refractivity contribution in [2.75, 3.05) is 6.61 Å². The summed E-state index contributed by atoms with van der Waals surface area (Å²) in [5, 5.41) is 17.4. The molecule has 0 aliphatic rings. The van der Waals surface area contributed by atoms with Gasteiger partial charge in [0.25, 0.3) is 0 Å². The highest BCUT2D eigenvalue weighted by Gasteiger charge is 1.99. The summed E-state index contributed by atoms with van der Waals surface area (Å²) in [7, 11) is 0. The van der Waals surface area contributed by atoms with E-state index in [0.717, 1.165) is 25.7 Å².